The molecule has 0 spiro atoms. The number of benzene rings is 3. The smallest absolute Gasteiger partial charge is 0.339 e. The van der Waals surface area contributed by atoms with Crippen LogP contribution < -0.4 is 14.8 Å². The summed E-state index contributed by atoms with van der Waals surface area (Å²) in [5.41, 5.74) is 1.86. The van der Waals surface area contributed by atoms with Crippen LogP contribution in [0.25, 0.3) is 0 Å². The zero-order valence-electron chi connectivity index (χ0n) is 17.0. The first-order valence-electron chi connectivity index (χ1n) is 9.78. The van der Waals surface area contributed by atoms with Crippen molar-refractivity contribution in [1.82, 2.24) is 5.32 Å². The van der Waals surface area contributed by atoms with Gasteiger partial charge in [0.2, 0.25) is 0 Å². The third kappa shape index (κ3) is 6.46. The molecule has 3 N–H and O–H groups in total. The Labute approximate surface area is 186 Å². The number of methoxy groups -OCH3 is 1. The number of halogens is 1. The van der Waals surface area contributed by atoms with Crippen LogP contribution in [0.4, 0.5) is 0 Å². The van der Waals surface area contributed by atoms with Crippen molar-refractivity contribution in [3.63, 3.8) is 0 Å². The molecule has 0 saturated carbocycles. The van der Waals surface area contributed by atoms with E-state index in [1.54, 1.807) is 24.3 Å². The summed E-state index contributed by atoms with van der Waals surface area (Å²) >= 11 is 5.96. The summed E-state index contributed by atoms with van der Waals surface area (Å²) in [7, 11) is 1.42. The molecule has 0 fully saturated rings. The summed E-state index contributed by atoms with van der Waals surface area (Å²) in [5, 5.41) is 23.4. The molecule has 0 bridgehead atoms. The van der Waals surface area contributed by atoms with Gasteiger partial charge >= 0.3 is 5.97 Å². The largest absolute Gasteiger partial charge is 0.496 e. The Balaban J connectivity index is 1.55. The molecule has 0 saturated heterocycles. The zero-order valence-corrected chi connectivity index (χ0v) is 17.8. The van der Waals surface area contributed by atoms with Crippen molar-refractivity contribution in [2.45, 2.75) is 12.5 Å². The fraction of sp³-hybridized carbons (Fsp3) is 0.208. The molecule has 31 heavy (non-hydrogen) atoms. The number of aliphatic hydroxyl groups is 1. The molecule has 0 amide bonds. The molecule has 6 nitrogen and oxygen atoms in total. The maximum absolute atomic E-state index is 11.4. The van der Waals surface area contributed by atoms with Gasteiger partial charge in [0.15, 0.2) is 0 Å². The van der Waals surface area contributed by atoms with E-state index < -0.39 is 12.1 Å². The molecule has 0 aliphatic carbocycles. The van der Waals surface area contributed by atoms with Gasteiger partial charge in [0.05, 0.1) is 13.2 Å². The van der Waals surface area contributed by atoms with Crippen LogP contribution in [0.5, 0.6) is 17.2 Å². The van der Waals surface area contributed by atoms with E-state index in [1.165, 1.54) is 13.2 Å². The molecular formula is C24H24ClNO5. The maximum atomic E-state index is 11.4. The van der Waals surface area contributed by atoms with Crippen molar-refractivity contribution in [2.75, 3.05) is 20.2 Å². The first-order valence-corrected chi connectivity index (χ1v) is 10.2. The standard InChI is InChI=1S/C24H24ClNO5/c1-30-23-9-8-20(14-21(23)24(28)29)31-19-7-2-4-16(12-19)10-11-26-15-22(27)17-5-3-6-18(25)13-17/h2-9,12-14,22,26-27H,10-11,15H2,1H3,(H,28,29)/t22-/m0/s1. The summed E-state index contributed by atoms with van der Waals surface area (Å²) < 4.78 is 10.9. The molecule has 0 radical (unpaired) electrons. The first kappa shape index (κ1) is 22.6. The topological polar surface area (TPSA) is 88.0 Å². The van der Waals surface area contributed by atoms with Crippen molar-refractivity contribution in [1.29, 1.82) is 0 Å². The number of hydrogen-bond donors (Lipinski definition) is 3. The van der Waals surface area contributed by atoms with Crippen LogP contribution in [-0.2, 0) is 6.42 Å². The number of carboxylic acid groups (broad SMARTS) is 1. The van der Waals surface area contributed by atoms with Gasteiger partial charge in [-0.2, -0.15) is 0 Å². The Morgan fingerprint density at radius 1 is 1.06 bits per heavy atom. The van der Waals surface area contributed by atoms with Gasteiger partial charge in [-0.15, -0.1) is 0 Å². The lowest BCUT2D eigenvalue weighted by Gasteiger charge is -2.13. The lowest BCUT2D eigenvalue weighted by atomic mass is 10.1. The van der Waals surface area contributed by atoms with E-state index >= 15 is 0 Å². The molecule has 3 aromatic rings. The van der Waals surface area contributed by atoms with Gasteiger partial charge in [-0.25, -0.2) is 4.79 Å². The second kappa shape index (κ2) is 10.8. The molecule has 0 unspecified atom stereocenters. The van der Waals surface area contributed by atoms with E-state index in [9.17, 15) is 15.0 Å². The first-order chi connectivity index (χ1) is 15.0. The van der Waals surface area contributed by atoms with Crippen LogP contribution in [0.1, 0.15) is 27.6 Å². The van der Waals surface area contributed by atoms with Gasteiger partial charge in [0, 0.05) is 11.6 Å². The number of rotatable bonds is 10. The summed E-state index contributed by atoms with van der Waals surface area (Å²) in [6.07, 6.45) is 0.106. The van der Waals surface area contributed by atoms with Crippen molar-refractivity contribution in [3.05, 3.63) is 88.4 Å². The second-order valence-corrected chi connectivity index (χ2v) is 7.38. The highest BCUT2D eigenvalue weighted by Crippen LogP contribution is 2.28. The second-order valence-electron chi connectivity index (χ2n) is 6.94. The van der Waals surface area contributed by atoms with Gasteiger partial charge in [-0.3, -0.25) is 0 Å². The third-order valence-electron chi connectivity index (χ3n) is 4.70. The maximum Gasteiger partial charge on any atom is 0.339 e. The molecule has 0 aliphatic rings. The summed E-state index contributed by atoms with van der Waals surface area (Å²) in [4.78, 5) is 11.4. The van der Waals surface area contributed by atoms with E-state index in [1.807, 2.05) is 36.4 Å². The van der Waals surface area contributed by atoms with Gasteiger partial charge in [0.1, 0.15) is 22.8 Å². The van der Waals surface area contributed by atoms with E-state index in [0.29, 0.717) is 29.6 Å². The number of hydrogen-bond acceptors (Lipinski definition) is 5. The fourth-order valence-corrected chi connectivity index (χ4v) is 3.32. The predicted octanol–water partition coefficient (Wildman–Crippen LogP) is 4.70. The molecule has 7 heteroatoms. The van der Waals surface area contributed by atoms with Gasteiger partial charge in [0.25, 0.3) is 0 Å². The molecule has 0 aromatic heterocycles. The highest BCUT2D eigenvalue weighted by molar-refractivity contribution is 6.30. The Hall–Kier alpha value is -3.06. The molecule has 3 rings (SSSR count). The summed E-state index contributed by atoms with van der Waals surface area (Å²) in [6, 6.07) is 19.4. The van der Waals surface area contributed by atoms with Crippen LogP contribution in [0.2, 0.25) is 5.02 Å². The highest BCUT2D eigenvalue weighted by Gasteiger charge is 2.13. The number of aromatic carboxylic acids is 1. The normalized spacial score (nSPS) is 11.7. The van der Waals surface area contributed by atoms with Crippen LogP contribution in [0.3, 0.4) is 0 Å². The third-order valence-corrected chi connectivity index (χ3v) is 4.93. The van der Waals surface area contributed by atoms with Crippen molar-refractivity contribution < 1.29 is 24.5 Å². The van der Waals surface area contributed by atoms with Crippen molar-refractivity contribution in [2.24, 2.45) is 0 Å². The molecule has 0 aliphatic heterocycles. The van der Waals surface area contributed by atoms with Crippen molar-refractivity contribution in [3.8, 4) is 17.2 Å². The number of aliphatic hydroxyl groups excluding tert-OH is 1. The average molecular weight is 442 g/mol. The minimum absolute atomic E-state index is 0.0404. The molecule has 3 aromatic carbocycles. The van der Waals surface area contributed by atoms with Gasteiger partial charge in [-0.05, 0) is 66.6 Å². The summed E-state index contributed by atoms with van der Waals surface area (Å²) in [5.74, 6) is 0.220. The molecule has 0 heterocycles. The lowest BCUT2D eigenvalue weighted by molar-refractivity contribution is 0.0693. The Morgan fingerprint density at radius 2 is 1.84 bits per heavy atom. The Morgan fingerprint density at radius 3 is 2.58 bits per heavy atom. The minimum Gasteiger partial charge on any atom is -0.496 e. The quantitative estimate of drug-likeness (QED) is 0.395. The SMILES string of the molecule is COc1ccc(Oc2cccc(CCNC[C@H](O)c3cccc(Cl)c3)c2)cc1C(=O)O. The number of ether oxygens (including phenoxy) is 2. The summed E-state index contributed by atoms with van der Waals surface area (Å²) in [6.45, 7) is 1.09. The van der Waals surface area contributed by atoms with E-state index in [0.717, 1.165) is 17.5 Å². The fourth-order valence-electron chi connectivity index (χ4n) is 3.12. The number of carbonyl (C=O) groups is 1. The van der Waals surface area contributed by atoms with E-state index in [-0.39, 0.29) is 11.3 Å². The van der Waals surface area contributed by atoms with Gasteiger partial charge in [-0.1, -0.05) is 35.9 Å². The highest BCUT2D eigenvalue weighted by atomic mass is 35.5. The van der Waals surface area contributed by atoms with E-state index in [4.69, 9.17) is 21.1 Å². The van der Waals surface area contributed by atoms with Crippen LogP contribution in [-0.4, -0.2) is 36.4 Å². The molecule has 1 atom stereocenters. The van der Waals surface area contributed by atoms with Crippen LogP contribution in [0, 0.1) is 0 Å². The van der Waals surface area contributed by atoms with Gasteiger partial charge < -0.3 is 25.0 Å². The van der Waals surface area contributed by atoms with Crippen LogP contribution in [0.15, 0.2) is 66.7 Å². The monoisotopic (exact) mass is 441 g/mol. The average Bonchev–Trinajstić information content (AvgIpc) is 2.76. The predicted molar refractivity (Wildman–Crippen MR) is 119 cm³/mol. The number of nitrogens with one attached hydrogen (secondary N) is 1. The van der Waals surface area contributed by atoms with E-state index in [2.05, 4.69) is 5.32 Å². The number of carboxylic acids is 1. The minimum atomic E-state index is -1.08. The van der Waals surface area contributed by atoms with Crippen molar-refractivity contribution >= 4 is 17.6 Å². The Kier molecular flexibility index (Phi) is 7.89. The molecular weight excluding hydrogens is 418 g/mol. The Bertz CT molecular complexity index is 1040. The van der Waals surface area contributed by atoms with Crippen LogP contribution >= 0.6 is 11.6 Å². The lowest BCUT2D eigenvalue weighted by Crippen LogP contribution is -2.23. The zero-order chi connectivity index (χ0) is 22.2. The molecule has 162 valence electrons.